The fraction of sp³-hybridized carbons (Fsp3) is 1.00. The summed E-state index contributed by atoms with van der Waals surface area (Å²) >= 11 is 0. The highest BCUT2D eigenvalue weighted by Crippen LogP contribution is 2.11. The Labute approximate surface area is 241 Å². The molecule has 0 atom stereocenters. The number of unbranched alkanes of at least 4 members (excludes halogenated alkanes) is 11. The average Bonchev–Trinajstić information content (AvgIpc) is 2.95. The molecule has 39 heavy (non-hydrogen) atoms. The van der Waals surface area contributed by atoms with Crippen LogP contribution in [-0.4, -0.2) is 106 Å². The van der Waals surface area contributed by atoms with Crippen molar-refractivity contribution < 1.29 is 37.9 Å². The van der Waals surface area contributed by atoms with Crippen molar-refractivity contribution in [2.75, 3.05) is 106 Å². The monoisotopic (exact) mass is 564 g/mol. The molecule has 0 N–H and O–H groups in total. The summed E-state index contributed by atoms with van der Waals surface area (Å²) in [6.07, 6.45) is 17.2. The van der Waals surface area contributed by atoms with Crippen LogP contribution in [-0.2, 0) is 37.9 Å². The number of ether oxygens (including phenoxy) is 8. The molecule has 8 heteroatoms. The zero-order valence-electron chi connectivity index (χ0n) is 25.8. The highest BCUT2D eigenvalue weighted by molar-refractivity contribution is 4.48. The Hall–Kier alpha value is -0.320. The van der Waals surface area contributed by atoms with Gasteiger partial charge in [-0.05, 0) is 12.8 Å². The molecule has 0 aliphatic rings. The minimum absolute atomic E-state index is 0.553. The van der Waals surface area contributed by atoms with Crippen LogP contribution in [0, 0.1) is 0 Å². The van der Waals surface area contributed by atoms with Crippen LogP contribution in [0.3, 0.4) is 0 Å². The molecule has 8 nitrogen and oxygen atoms in total. The fourth-order valence-corrected chi connectivity index (χ4v) is 3.76. The first-order valence-corrected chi connectivity index (χ1v) is 16.0. The van der Waals surface area contributed by atoms with Gasteiger partial charge in [-0.25, -0.2) is 0 Å². The van der Waals surface area contributed by atoms with E-state index in [9.17, 15) is 0 Å². The van der Waals surface area contributed by atoms with Crippen LogP contribution in [0.4, 0.5) is 0 Å². The van der Waals surface area contributed by atoms with Gasteiger partial charge in [-0.1, -0.05) is 84.5 Å². The fourth-order valence-electron chi connectivity index (χ4n) is 3.76. The van der Waals surface area contributed by atoms with Gasteiger partial charge in [0.15, 0.2) is 0 Å². The molecule has 0 saturated heterocycles. The molecule has 0 aliphatic carbocycles. The van der Waals surface area contributed by atoms with Crippen LogP contribution in [0.25, 0.3) is 0 Å². The van der Waals surface area contributed by atoms with Crippen LogP contribution in [0.2, 0.25) is 0 Å². The van der Waals surface area contributed by atoms with E-state index in [1.807, 2.05) is 0 Å². The Morgan fingerprint density at radius 1 is 0.205 bits per heavy atom. The first kappa shape index (κ1) is 38.7. The summed E-state index contributed by atoms with van der Waals surface area (Å²) in [5.41, 5.74) is 0. The Bertz CT molecular complexity index is 378. The summed E-state index contributed by atoms with van der Waals surface area (Å²) in [6, 6.07) is 0. The summed E-state index contributed by atoms with van der Waals surface area (Å²) in [7, 11) is 0. The molecule has 0 heterocycles. The molecule has 0 unspecified atom stereocenters. The Kier molecular flexibility index (Phi) is 37.4. The molecular formula is C31H64O8. The summed E-state index contributed by atoms with van der Waals surface area (Å²) < 4.78 is 44.0. The molecule has 0 aliphatic heterocycles. The van der Waals surface area contributed by atoms with Crippen molar-refractivity contribution in [3.05, 3.63) is 0 Å². The van der Waals surface area contributed by atoms with E-state index >= 15 is 0 Å². The van der Waals surface area contributed by atoms with Gasteiger partial charge in [-0.2, -0.15) is 0 Å². The van der Waals surface area contributed by atoms with Crippen molar-refractivity contribution in [2.24, 2.45) is 0 Å². The van der Waals surface area contributed by atoms with E-state index < -0.39 is 0 Å². The second-order valence-corrected chi connectivity index (χ2v) is 9.79. The van der Waals surface area contributed by atoms with E-state index in [0.29, 0.717) is 92.5 Å². The molecule has 0 rings (SSSR count). The lowest BCUT2D eigenvalue weighted by atomic mass is 10.1. The number of rotatable bonds is 36. The summed E-state index contributed by atoms with van der Waals surface area (Å²) in [6.45, 7) is 14.3. The first-order chi connectivity index (χ1) is 19.4. The second-order valence-electron chi connectivity index (χ2n) is 9.79. The predicted octanol–water partition coefficient (Wildman–Crippen LogP) is 6.23. The van der Waals surface area contributed by atoms with Crippen molar-refractivity contribution in [3.8, 4) is 0 Å². The van der Waals surface area contributed by atoms with E-state index in [-0.39, 0.29) is 0 Å². The van der Waals surface area contributed by atoms with Crippen molar-refractivity contribution in [3.63, 3.8) is 0 Å². The van der Waals surface area contributed by atoms with Gasteiger partial charge < -0.3 is 37.9 Å². The lowest BCUT2D eigenvalue weighted by Gasteiger charge is -2.08. The third-order valence-corrected chi connectivity index (χ3v) is 6.14. The molecule has 0 bridgehead atoms. The lowest BCUT2D eigenvalue weighted by molar-refractivity contribution is -0.0232. The maximum Gasteiger partial charge on any atom is 0.0701 e. The Morgan fingerprint density at radius 2 is 0.410 bits per heavy atom. The molecule has 0 aromatic heterocycles. The normalized spacial score (nSPS) is 11.5. The van der Waals surface area contributed by atoms with Gasteiger partial charge in [0.2, 0.25) is 0 Å². The minimum Gasteiger partial charge on any atom is -0.379 e. The third kappa shape index (κ3) is 37.7. The zero-order valence-corrected chi connectivity index (χ0v) is 25.8. The van der Waals surface area contributed by atoms with Gasteiger partial charge in [-0.15, -0.1) is 0 Å². The SMILES string of the molecule is CCCCCCCCCCCCCOCCOCCOCCOCCOCCOCCOCCOCCCC. The predicted molar refractivity (Wildman–Crippen MR) is 158 cm³/mol. The third-order valence-electron chi connectivity index (χ3n) is 6.14. The van der Waals surface area contributed by atoms with Gasteiger partial charge in [-0.3, -0.25) is 0 Å². The molecular weight excluding hydrogens is 500 g/mol. The lowest BCUT2D eigenvalue weighted by Crippen LogP contribution is -2.15. The van der Waals surface area contributed by atoms with Gasteiger partial charge in [0, 0.05) is 13.2 Å². The molecule has 236 valence electrons. The van der Waals surface area contributed by atoms with Gasteiger partial charge in [0.25, 0.3) is 0 Å². The molecule has 0 aromatic carbocycles. The first-order valence-electron chi connectivity index (χ1n) is 16.0. The Balaban J connectivity index is 3.01. The minimum atomic E-state index is 0.553. The molecule has 0 amide bonds. The van der Waals surface area contributed by atoms with Crippen LogP contribution in [0.1, 0.15) is 97.3 Å². The highest BCUT2D eigenvalue weighted by Gasteiger charge is 1.96. The van der Waals surface area contributed by atoms with Gasteiger partial charge in [0.1, 0.15) is 0 Å². The van der Waals surface area contributed by atoms with Crippen LogP contribution >= 0.6 is 0 Å². The summed E-state index contributed by atoms with van der Waals surface area (Å²) in [5.74, 6) is 0. The number of hydrogen-bond donors (Lipinski definition) is 0. The van der Waals surface area contributed by atoms with E-state index in [2.05, 4.69) is 13.8 Å². The highest BCUT2D eigenvalue weighted by atomic mass is 16.6. The van der Waals surface area contributed by atoms with Crippen molar-refractivity contribution >= 4 is 0 Å². The largest absolute Gasteiger partial charge is 0.379 e. The molecule has 0 spiro atoms. The maximum absolute atomic E-state index is 5.65. The molecule has 0 saturated carbocycles. The van der Waals surface area contributed by atoms with E-state index in [1.165, 1.54) is 64.2 Å². The number of hydrogen-bond acceptors (Lipinski definition) is 8. The van der Waals surface area contributed by atoms with Gasteiger partial charge in [0.05, 0.1) is 92.5 Å². The zero-order chi connectivity index (χ0) is 28.2. The smallest absolute Gasteiger partial charge is 0.0701 e. The quantitative estimate of drug-likeness (QED) is 0.0829. The van der Waals surface area contributed by atoms with E-state index in [1.54, 1.807) is 0 Å². The van der Waals surface area contributed by atoms with Crippen molar-refractivity contribution in [1.82, 2.24) is 0 Å². The molecule has 0 fully saturated rings. The van der Waals surface area contributed by atoms with Crippen LogP contribution in [0.15, 0.2) is 0 Å². The standard InChI is InChI=1S/C31H64O8/c1-3-5-7-8-9-10-11-12-13-14-15-17-33-19-21-35-23-25-37-27-29-39-31-30-38-28-26-36-24-22-34-20-18-32-16-6-4-2/h3-31H2,1-2H3. The average molecular weight is 565 g/mol. The summed E-state index contributed by atoms with van der Waals surface area (Å²) in [4.78, 5) is 0. The summed E-state index contributed by atoms with van der Waals surface area (Å²) in [5, 5.41) is 0. The van der Waals surface area contributed by atoms with Crippen molar-refractivity contribution in [2.45, 2.75) is 97.3 Å². The van der Waals surface area contributed by atoms with E-state index in [4.69, 9.17) is 37.9 Å². The molecule has 0 aromatic rings. The van der Waals surface area contributed by atoms with E-state index in [0.717, 1.165) is 32.5 Å². The maximum atomic E-state index is 5.65. The second kappa shape index (κ2) is 37.7. The van der Waals surface area contributed by atoms with Crippen LogP contribution < -0.4 is 0 Å². The van der Waals surface area contributed by atoms with Crippen LogP contribution in [0.5, 0.6) is 0 Å². The topological polar surface area (TPSA) is 73.8 Å². The molecule has 0 radical (unpaired) electrons. The van der Waals surface area contributed by atoms with Crippen molar-refractivity contribution in [1.29, 1.82) is 0 Å². The van der Waals surface area contributed by atoms with Gasteiger partial charge >= 0.3 is 0 Å². The Morgan fingerprint density at radius 3 is 0.692 bits per heavy atom.